The molecule has 1 heterocycles. The first kappa shape index (κ1) is 11.4. The van der Waals surface area contributed by atoms with Gasteiger partial charge in [0.1, 0.15) is 0 Å². The zero-order valence-corrected chi connectivity index (χ0v) is 8.44. The van der Waals surface area contributed by atoms with Gasteiger partial charge >= 0.3 is 6.09 Å². The summed E-state index contributed by atoms with van der Waals surface area (Å²) < 4.78 is 4.42. The summed E-state index contributed by atoms with van der Waals surface area (Å²) >= 11 is 0. The summed E-state index contributed by atoms with van der Waals surface area (Å²) in [6, 6.07) is 0. The first-order chi connectivity index (χ1) is 7.13. The molecule has 0 spiro atoms. The zero-order chi connectivity index (χ0) is 11.3. The molecule has 0 saturated carbocycles. The quantitative estimate of drug-likeness (QED) is 0.650. The highest BCUT2D eigenvalue weighted by molar-refractivity contribution is 5.79. The van der Waals surface area contributed by atoms with E-state index in [0.29, 0.717) is 13.1 Å². The Kier molecular flexibility index (Phi) is 3.98. The fourth-order valence-electron chi connectivity index (χ4n) is 1.52. The summed E-state index contributed by atoms with van der Waals surface area (Å²) in [7, 11) is 0. The lowest BCUT2D eigenvalue weighted by atomic mass is 9.98. The van der Waals surface area contributed by atoms with Crippen LogP contribution in [0.5, 0.6) is 0 Å². The van der Waals surface area contributed by atoms with Gasteiger partial charge in [-0.05, 0) is 12.8 Å². The summed E-state index contributed by atoms with van der Waals surface area (Å²) in [5.74, 6) is 2.71. The molecule has 0 unspecified atom stereocenters. The standard InChI is InChI=1S/C10H14N2O3/c1-2-8-3-5-12(6-4-8)9(13)7-15-10(11)14/h1,8H,3-7H2,(H2,11,14). The van der Waals surface area contributed by atoms with Crippen LogP contribution in [0.1, 0.15) is 12.8 Å². The Morgan fingerprint density at radius 3 is 2.53 bits per heavy atom. The maximum Gasteiger partial charge on any atom is 0.405 e. The van der Waals surface area contributed by atoms with Crippen molar-refractivity contribution in [2.24, 2.45) is 11.7 Å². The molecule has 82 valence electrons. The van der Waals surface area contributed by atoms with Crippen molar-refractivity contribution in [1.29, 1.82) is 0 Å². The molecule has 2 N–H and O–H groups in total. The van der Waals surface area contributed by atoms with Crippen LogP contribution in [0.15, 0.2) is 0 Å². The second kappa shape index (κ2) is 5.25. The Morgan fingerprint density at radius 2 is 2.07 bits per heavy atom. The van der Waals surface area contributed by atoms with Crippen LogP contribution >= 0.6 is 0 Å². The van der Waals surface area contributed by atoms with Crippen molar-refractivity contribution in [3.05, 3.63) is 0 Å². The van der Waals surface area contributed by atoms with Crippen LogP contribution in [-0.4, -0.2) is 36.6 Å². The summed E-state index contributed by atoms with van der Waals surface area (Å²) in [6.45, 7) is 0.960. The fraction of sp³-hybridized carbons (Fsp3) is 0.600. The highest BCUT2D eigenvalue weighted by Crippen LogP contribution is 2.15. The molecule has 15 heavy (non-hydrogen) atoms. The number of likely N-dealkylation sites (tertiary alicyclic amines) is 1. The van der Waals surface area contributed by atoms with Crippen LogP contribution in [0, 0.1) is 18.3 Å². The van der Waals surface area contributed by atoms with Crippen molar-refractivity contribution in [2.75, 3.05) is 19.7 Å². The summed E-state index contributed by atoms with van der Waals surface area (Å²) in [4.78, 5) is 23.4. The number of nitrogens with two attached hydrogens (primary N) is 1. The van der Waals surface area contributed by atoms with Crippen LogP contribution in [0.2, 0.25) is 0 Å². The van der Waals surface area contributed by atoms with Crippen molar-refractivity contribution in [1.82, 2.24) is 4.90 Å². The van der Waals surface area contributed by atoms with Gasteiger partial charge in [-0.2, -0.15) is 0 Å². The van der Waals surface area contributed by atoms with Crippen molar-refractivity contribution in [2.45, 2.75) is 12.8 Å². The number of piperidine rings is 1. The smallest absolute Gasteiger partial charge is 0.405 e. The molecular weight excluding hydrogens is 196 g/mol. The third-order valence-electron chi connectivity index (χ3n) is 2.42. The van der Waals surface area contributed by atoms with E-state index in [1.54, 1.807) is 4.90 Å². The number of ether oxygens (including phenoxy) is 1. The van der Waals surface area contributed by atoms with Crippen molar-refractivity contribution in [3.8, 4) is 12.3 Å². The molecule has 0 aliphatic carbocycles. The van der Waals surface area contributed by atoms with E-state index in [1.807, 2.05) is 0 Å². The topological polar surface area (TPSA) is 72.6 Å². The normalized spacial score (nSPS) is 16.9. The van der Waals surface area contributed by atoms with Gasteiger partial charge in [0.15, 0.2) is 6.61 Å². The Bertz CT molecular complexity index is 288. The first-order valence-electron chi connectivity index (χ1n) is 4.79. The second-order valence-corrected chi connectivity index (χ2v) is 3.43. The minimum atomic E-state index is -0.929. The summed E-state index contributed by atoms with van der Waals surface area (Å²) in [5, 5.41) is 0. The lowest BCUT2D eigenvalue weighted by Gasteiger charge is -2.29. The maximum atomic E-state index is 11.4. The lowest BCUT2D eigenvalue weighted by molar-refractivity contribution is -0.135. The van der Waals surface area contributed by atoms with E-state index in [4.69, 9.17) is 12.2 Å². The van der Waals surface area contributed by atoms with Gasteiger partial charge in [-0.3, -0.25) is 4.79 Å². The lowest BCUT2D eigenvalue weighted by Crippen LogP contribution is -2.40. The van der Waals surface area contributed by atoms with Gasteiger partial charge in [-0.25, -0.2) is 4.79 Å². The molecule has 0 radical (unpaired) electrons. The highest BCUT2D eigenvalue weighted by atomic mass is 16.5. The third-order valence-corrected chi connectivity index (χ3v) is 2.42. The molecule has 0 aromatic carbocycles. The molecular formula is C10H14N2O3. The second-order valence-electron chi connectivity index (χ2n) is 3.43. The van der Waals surface area contributed by atoms with E-state index >= 15 is 0 Å². The number of nitrogens with zero attached hydrogens (tertiary/aromatic N) is 1. The van der Waals surface area contributed by atoms with Gasteiger partial charge in [-0.1, -0.05) is 0 Å². The number of hydrogen-bond donors (Lipinski definition) is 1. The van der Waals surface area contributed by atoms with Crippen molar-refractivity contribution in [3.63, 3.8) is 0 Å². The Labute approximate surface area is 88.6 Å². The predicted octanol–water partition coefficient (Wildman–Crippen LogP) is -0.0465. The van der Waals surface area contributed by atoms with Gasteiger partial charge in [0.05, 0.1) is 0 Å². The van der Waals surface area contributed by atoms with Gasteiger partial charge in [0.2, 0.25) is 0 Å². The van der Waals surface area contributed by atoms with E-state index in [2.05, 4.69) is 10.7 Å². The third kappa shape index (κ3) is 3.50. The van der Waals surface area contributed by atoms with Crippen molar-refractivity contribution < 1.29 is 14.3 Å². The first-order valence-corrected chi connectivity index (χ1v) is 4.79. The minimum absolute atomic E-state index is 0.218. The Morgan fingerprint density at radius 1 is 1.47 bits per heavy atom. The summed E-state index contributed by atoms with van der Waals surface area (Å²) in [5.41, 5.74) is 4.76. The van der Waals surface area contributed by atoms with Crippen LogP contribution in [0.25, 0.3) is 0 Å². The SMILES string of the molecule is C#CC1CCN(C(=O)COC(N)=O)CC1. The highest BCUT2D eigenvalue weighted by Gasteiger charge is 2.21. The number of hydrogen-bond acceptors (Lipinski definition) is 3. The fourth-order valence-corrected chi connectivity index (χ4v) is 1.52. The van der Waals surface area contributed by atoms with E-state index in [0.717, 1.165) is 12.8 Å². The largest absolute Gasteiger partial charge is 0.440 e. The van der Waals surface area contributed by atoms with Gasteiger partial charge in [0.25, 0.3) is 5.91 Å². The number of carbonyl (C=O) groups is 2. The molecule has 5 heteroatoms. The molecule has 2 amide bonds. The molecule has 1 fully saturated rings. The van der Waals surface area contributed by atoms with Crippen LogP contribution in [-0.2, 0) is 9.53 Å². The number of carbonyl (C=O) groups excluding carboxylic acids is 2. The molecule has 1 aliphatic rings. The molecule has 5 nitrogen and oxygen atoms in total. The molecule has 0 atom stereocenters. The van der Waals surface area contributed by atoms with E-state index in [9.17, 15) is 9.59 Å². The van der Waals surface area contributed by atoms with Crippen LogP contribution in [0.4, 0.5) is 4.79 Å². The predicted molar refractivity (Wildman–Crippen MR) is 53.7 cm³/mol. The summed E-state index contributed by atoms with van der Waals surface area (Å²) in [6.07, 6.45) is 5.96. The van der Waals surface area contributed by atoms with Gasteiger partial charge in [-0.15, -0.1) is 12.3 Å². The molecule has 0 aromatic rings. The number of primary amides is 1. The molecule has 0 bridgehead atoms. The van der Waals surface area contributed by atoms with Gasteiger partial charge in [0, 0.05) is 19.0 Å². The zero-order valence-electron chi connectivity index (χ0n) is 8.44. The van der Waals surface area contributed by atoms with Gasteiger partial charge < -0.3 is 15.4 Å². The number of amides is 2. The van der Waals surface area contributed by atoms with E-state index < -0.39 is 6.09 Å². The number of rotatable bonds is 2. The number of terminal acetylenes is 1. The van der Waals surface area contributed by atoms with Crippen molar-refractivity contribution >= 4 is 12.0 Å². The molecule has 1 saturated heterocycles. The maximum absolute atomic E-state index is 11.4. The minimum Gasteiger partial charge on any atom is -0.440 e. The van der Waals surface area contributed by atoms with Crippen LogP contribution in [0.3, 0.4) is 0 Å². The molecule has 1 aliphatic heterocycles. The van der Waals surface area contributed by atoms with Crippen LogP contribution < -0.4 is 5.73 Å². The average Bonchev–Trinajstić information content (AvgIpc) is 2.26. The molecule has 1 rings (SSSR count). The average molecular weight is 210 g/mol. The van der Waals surface area contributed by atoms with E-state index in [-0.39, 0.29) is 18.4 Å². The Balaban J connectivity index is 2.30. The Hall–Kier alpha value is -1.70. The van der Waals surface area contributed by atoms with E-state index in [1.165, 1.54) is 0 Å². The molecule has 0 aromatic heterocycles. The monoisotopic (exact) mass is 210 g/mol.